The van der Waals surface area contributed by atoms with E-state index in [1.54, 1.807) is 32.0 Å². The number of non-ortho nitro benzene ring substituents is 1. The molecule has 0 heterocycles. The summed E-state index contributed by atoms with van der Waals surface area (Å²) in [5.74, 6) is -0.308. The third-order valence-corrected chi connectivity index (χ3v) is 5.45. The molecule has 9 nitrogen and oxygen atoms in total. The second-order valence-corrected chi connectivity index (χ2v) is 8.49. The highest BCUT2D eigenvalue weighted by molar-refractivity contribution is 7.52. The Morgan fingerprint density at radius 1 is 1.00 bits per heavy atom. The minimum absolute atomic E-state index is 0.0689. The number of hydrogen-bond donors (Lipinski definition) is 1. The second kappa shape index (κ2) is 9.59. The number of ether oxygens (including phenoxy) is 1. The lowest BCUT2D eigenvalue weighted by molar-refractivity contribution is -0.384. The Morgan fingerprint density at radius 3 is 2.26 bits per heavy atom. The Bertz CT molecular complexity index is 1130. The van der Waals surface area contributed by atoms with Crippen LogP contribution < -0.4 is 14.1 Å². The van der Waals surface area contributed by atoms with Gasteiger partial charge in [0.15, 0.2) is 0 Å². The molecule has 162 valence electrons. The van der Waals surface area contributed by atoms with E-state index >= 15 is 0 Å². The molecule has 1 N–H and O–H groups in total. The number of benzene rings is 3. The highest BCUT2D eigenvalue weighted by Crippen LogP contribution is 2.45. The zero-order valence-corrected chi connectivity index (χ0v) is 17.8. The van der Waals surface area contributed by atoms with Gasteiger partial charge < -0.3 is 13.8 Å². The molecule has 31 heavy (non-hydrogen) atoms. The Kier molecular flexibility index (Phi) is 6.89. The quantitative estimate of drug-likeness (QED) is 0.215. The maximum absolute atomic E-state index is 13.4. The van der Waals surface area contributed by atoms with Gasteiger partial charge in [0.1, 0.15) is 18.0 Å². The molecule has 1 atom stereocenters. The predicted molar refractivity (Wildman–Crippen MR) is 115 cm³/mol. The summed E-state index contributed by atoms with van der Waals surface area (Å²) in [6, 6.07) is 17.7. The minimum atomic E-state index is -4.10. The lowest BCUT2D eigenvalue weighted by Gasteiger charge is -2.20. The number of nitro benzene ring substituents is 1. The standard InChI is InChI=1S/C21H21N2O7P/c1-15(2)28-21(24)14-22-31(27,29-19-11-8-18(9-12-19)23(25)26)30-20-10-7-16-5-3-4-6-17(16)13-20/h3-13,15H,14H2,1-2H3,(H,22,27). The predicted octanol–water partition coefficient (Wildman–Crippen LogP) is 4.86. The van der Waals surface area contributed by atoms with Crippen LogP contribution in [0.15, 0.2) is 66.7 Å². The van der Waals surface area contributed by atoms with Gasteiger partial charge in [-0.05, 0) is 48.9 Å². The summed E-state index contributed by atoms with van der Waals surface area (Å²) < 4.78 is 29.6. The largest absolute Gasteiger partial charge is 0.513 e. The van der Waals surface area contributed by atoms with Crippen LogP contribution in [0.5, 0.6) is 11.5 Å². The van der Waals surface area contributed by atoms with E-state index in [0.717, 1.165) is 10.8 Å². The van der Waals surface area contributed by atoms with Crippen LogP contribution in [0.25, 0.3) is 10.8 Å². The summed E-state index contributed by atoms with van der Waals surface area (Å²) in [6.07, 6.45) is -0.342. The van der Waals surface area contributed by atoms with Gasteiger partial charge in [-0.2, -0.15) is 5.09 Å². The van der Waals surface area contributed by atoms with E-state index in [4.69, 9.17) is 13.8 Å². The van der Waals surface area contributed by atoms with Gasteiger partial charge >= 0.3 is 13.7 Å². The highest BCUT2D eigenvalue weighted by atomic mass is 31.2. The molecule has 0 saturated heterocycles. The molecular weight excluding hydrogens is 423 g/mol. The molecule has 1 unspecified atom stereocenters. The van der Waals surface area contributed by atoms with Crippen LogP contribution in [0.4, 0.5) is 5.69 Å². The van der Waals surface area contributed by atoms with Crippen LogP contribution in [0.2, 0.25) is 0 Å². The van der Waals surface area contributed by atoms with Crippen LogP contribution in [0.3, 0.4) is 0 Å². The maximum atomic E-state index is 13.4. The van der Waals surface area contributed by atoms with Crippen LogP contribution >= 0.6 is 7.75 Å². The Labute approximate surface area is 178 Å². The van der Waals surface area contributed by atoms with E-state index in [-0.39, 0.29) is 23.3 Å². The number of nitro groups is 1. The fourth-order valence-electron chi connectivity index (χ4n) is 2.68. The highest BCUT2D eigenvalue weighted by Gasteiger charge is 2.30. The summed E-state index contributed by atoms with van der Waals surface area (Å²) in [4.78, 5) is 22.2. The summed E-state index contributed by atoms with van der Waals surface area (Å²) in [6.45, 7) is 2.96. The maximum Gasteiger partial charge on any atom is 0.513 e. The van der Waals surface area contributed by atoms with Gasteiger partial charge in [-0.3, -0.25) is 14.9 Å². The molecule has 3 rings (SSSR count). The fourth-order valence-corrected chi connectivity index (χ4v) is 3.96. The number of carbonyl (C=O) groups is 1. The minimum Gasteiger partial charge on any atom is -0.462 e. The molecule has 0 aliphatic rings. The molecule has 0 spiro atoms. The van der Waals surface area contributed by atoms with Crippen LogP contribution in [0.1, 0.15) is 13.8 Å². The summed E-state index contributed by atoms with van der Waals surface area (Å²) in [7, 11) is -4.10. The molecule has 0 saturated carbocycles. The van der Waals surface area contributed by atoms with Gasteiger partial charge in [-0.25, -0.2) is 4.57 Å². The van der Waals surface area contributed by atoms with E-state index in [1.807, 2.05) is 24.3 Å². The molecule has 10 heteroatoms. The number of nitrogens with zero attached hydrogens (tertiary/aromatic N) is 1. The summed E-state index contributed by atoms with van der Waals surface area (Å²) >= 11 is 0. The summed E-state index contributed by atoms with van der Waals surface area (Å²) in [5, 5.41) is 15.1. The topological polar surface area (TPSA) is 117 Å². The third-order valence-electron chi connectivity index (χ3n) is 4.00. The van der Waals surface area contributed by atoms with Gasteiger partial charge in [0.2, 0.25) is 0 Å². The lowest BCUT2D eigenvalue weighted by Crippen LogP contribution is -2.28. The monoisotopic (exact) mass is 444 g/mol. The molecule has 3 aromatic rings. The first-order valence-electron chi connectivity index (χ1n) is 9.41. The molecule has 0 bridgehead atoms. The zero-order chi connectivity index (χ0) is 22.4. The van der Waals surface area contributed by atoms with Crippen molar-refractivity contribution >= 4 is 30.2 Å². The van der Waals surface area contributed by atoms with E-state index in [0.29, 0.717) is 0 Å². The first-order chi connectivity index (χ1) is 14.7. The number of fused-ring (bicyclic) bond motifs is 1. The average Bonchev–Trinajstić information content (AvgIpc) is 2.72. The van der Waals surface area contributed by atoms with Crippen molar-refractivity contribution in [1.29, 1.82) is 0 Å². The van der Waals surface area contributed by atoms with Gasteiger partial charge in [0.05, 0.1) is 11.0 Å². The van der Waals surface area contributed by atoms with E-state index in [1.165, 1.54) is 24.3 Å². The van der Waals surface area contributed by atoms with Crippen molar-refractivity contribution in [2.24, 2.45) is 0 Å². The van der Waals surface area contributed by atoms with E-state index < -0.39 is 25.2 Å². The van der Waals surface area contributed by atoms with Crippen molar-refractivity contribution in [3.63, 3.8) is 0 Å². The molecule has 3 aromatic carbocycles. The smallest absolute Gasteiger partial charge is 0.462 e. The van der Waals surface area contributed by atoms with E-state index in [9.17, 15) is 19.5 Å². The number of esters is 1. The van der Waals surface area contributed by atoms with Crippen LogP contribution in [-0.2, 0) is 14.1 Å². The second-order valence-electron chi connectivity index (χ2n) is 6.81. The van der Waals surface area contributed by atoms with E-state index in [2.05, 4.69) is 5.09 Å². The van der Waals surface area contributed by atoms with Crippen molar-refractivity contribution < 1.29 is 28.1 Å². The fraction of sp³-hybridized carbons (Fsp3) is 0.190. The number of carbonyl (C=O) groups excluding carboxylic acids is 1. The van der Waals surface area contributed by atoms with Gasteiger partial charge in [0.25, 0.3) is 5.69 Å². The molecule has 0 amide bonds. The first-order valence-corrected chi connectivity index (χ1v) is 11.0. The number of rotatable bonds is 9. The molecule has 0 aliphatic heterocycles. The molecule has 0 aromatic heterocycles. The van der Waals surface area contributed by atoms with Gasteiger partial charge in [0, 0.05) is 12.1 Å². The Morgan fingerprint density at radius 2 is 1.61 bits per heavy atom. The van der Waals surface area contributed by atoms with Crippen LogP contribution in [-0.4, -0.2) is 23.5 Å². The lowest BCUT2D eigenvalue weighted by atomic mass is 10.1. The van der Waals surface area contributed by atoms with Crippen molar-refractivity contribution in [1.82, 2.24) is 5.09 Å². The SMILES string of the molecule is CC(C)OC(=O)CNP(=O)(Oc1ccc([N+](=O)[O-])cc1)Oc1ccc2ccccc2c1. The molecule has 0 radical (unpaired) electrons. The van der Waals surface area contributed by atoms with Gasteiger partial charge in [-0.15, -0.1) is 0 Å². The third kappa shape index (κ3) is 6.28. The Hall–Kier alpha value is -3.42. The first kappa shape index (κ1) is 22.3. The zero-order valence-electron chi connectivity index (χ0n) is 16.9. The van der Waals surface area contributed by atoms with Crippen molar-refractivity contribution in [3.8, 4) is 11.5 Å². The number of hydrogen-bond acceptors (Lipinski definition) is 7. The summed E-state index contributed by atoms with van der Waals surface area (Å²) in [5.41, 5.74) is -0.147. The normalized spacial score (nSPS) is 12.9. The van der Waals surface area contributed by atoms with Crippen molar-refractivity contribution in [2.75, 3.05) is 6.54 Å². The average molecular weight is 444 g/mol. The molecular formula is C21H21N2O7P. The Balaban J connectivity index is 1.83. The number of nitrogens with one attached hydrogen (secondary N) is 1. The van der Waals surface area contributed by atoms with Crippen molar-refractivity contribution in [2.45, 2.75) is 20.0 Å². The molecule has 0 fully saturated rings. The molecule has 0 aliphatic carbocycles. The van der Waals surface area contributed by atoms with Crippen LogP contribution in [0, 0.1) is 10.1 Å². The van der Waals surface area contributed by atoms with Crippen molar-refractivity contribution in [3.05, 3.63) is 76.8 Å². The van der Waals surface area contributed by atoms with Gasteiger partial charge in [-0.1, -0.05) is 30.3 Å².